The molecule has 0 saturated heterocycles. The van der Waals surface area contributed by atoms with E-state index in [-0.39, 0.29) is 19.0 Å². The molecule has 0 aliphatic rings. The molecule has 3 nitrogen and oxygen atoms in total. The zero-order valence-corrected chi connectivity index (χ0v) is 15.2. The van der Waals surface area contributed by atoms with Crippen molar-refractivity contribution in [3.63, 3.8) is 0 Å². The summed E-state index contributed by atoms with van der Waals surface area (Å²) < 4.78 is 6.06. The highest BCUT2D eigenvalue weighted by Crippen LogP contribution is 2.28. The molecule has 0 aromatic heterocycles. The van der Waals surface area contributed by atoms with Gasteiger partial charge in [-0.3, -0.25) is 0 Å². The Balaban J connectivity index is 0.00000225. The Labute approximate surface area is 159 Å². The maximum absolute atomic E-state index is 9.00. The standard InChI is InChI=1S/C20H20ClNO2.ClH/c21-17-8-5-15(6-9-17)14-24-20-10-7-16-3-1-2-4-18(16)19(20)13-22-11-12-23;/h1-10,22-23H,11-14H2;1H/p-1. The van der Waals surface area contributed by atoms with Crippen LogP contribution in [0.5, 0.6) is 5.75 Å². The summed E-state index contributed by atoms with van der Waals surface area (Å²) in [5, 5.41) is 15.3. The van der Waals surface area contributed by atoms with Gasteiger partial charge in [0.25, 0.3) is 0 Å². The van der Waals surface area contributed by atoms with Crippen molar-refractivity contribution in [1.82, 2.24) is 5.32 Å². The Morgan fingerprint density at radius 2 is 1.72 bits per heavy atom. The Morgan fingerprint density at radius 1 is 0.960 bits per heavy atom. The highest BCUT2D eigenvalue weighted by Gasteiger charge is 2.09. The number of hydrogen-bond acceptors (Lipinski definition) is 3. The van der Waals surface area contributed by atoms with E-state index in [1.165, 1.54) is 5.39 Å². The van der Waals surface area contributed by atoms with Crippen LogP contribution in [-0.2, 0) is 13.2 Å². The lowest BCUT2D eigenvalue weighted by atomic mass is 10.0. The average Bonchev–Trinajstić information content (AvgIpc) is 2.62. The van der Waals surface area contributed by atoms with Gasteiger partial charge in [0.05, 0.1) is 6.61 Å². The molecule has 0 bridgehead atoms. The first-order chi connectivity index (χ1) is 11.8. The van der Waals surface area contributed by atoms with Gasteiger partial charge in [0.15, 0.2) is 0 Å². The summed E-state index contributed by atoms with van der Waals surface area (Å²) >= 11 is 5.92. The van der Waals surface area contributed by atoms with Gasteiger partial charge in [-0.1, -0.05) is 54.1 Å². The summed E-state index contributed by atoms with van der Waals surface area (Å²) in [4.78, 5) is 0. The molecular formula is C20H20Cl2NO2-. The normalized spacial score (nSPS) is 10.5. The molecule has 0 atom stereocenters. The number of fused-ring (bicyclic) bond motifs is 1. The fourth-order valence-corrected chi connectivity index (χ4v) is 2.79. The zero-order valence-electron chi connectivity index (χ0n) is 13.7. The lowest BCUT2D eigenvalue weighted by Gasteiger charge is -2.15. The van der Waals surface area contributed by atoms with Gasteiger partial charge < -0.3 is 27.6 Å². The zero-order chi connectivity index (χ0) is 16.8. The van der Waals surface area contributed by atoms with Gasteiger partial charge in [0.1, 0.15) is 12.4 Å². The topological polar surface area (TPSA) is 41.5 Å². The molecule has 0 heterocycles. The molecule has 0 amide bonds. The van der Waals surface area contributed by atoms with Crippen LogP contribution in [0.4, 0.5) is 0 Å². The van der Waals surface area contributed by atoms with Crippen molar-refractivity contribution in [2.24, 2.45) is 0 Å². The molecule has 0 spiro atoms. The van der Waals surface area contributed by atoms with Crippen LogP contribution in [-0.4, -0.2) is 18.3 Å². The molecule has 0 aliphatic carbocycles. The third-order valence-electron chi connectivity index (χ3n) is 3.90. The Kier molecular flexibility index (Phi) is 7.53. The summed E-state index contributed by atoms with van der Waals surface area (Å²) in [5.74, 6) is 0.856. The predicted molar refractivity (Wildman–Crippen MR) is 98.5 cm³/mol. The van der Waals surface area contributed by atoms with E-state index in [1.807, 2.05) is 42.5 Å². The summed E-state index contributed by atoms with van der Waals surface area (Å²) in [6.07, 6.45) is 0. The van der Waals surface area contributed by atoms with Crippen molar-refractivity contribution in [1.29, 1.82) is 0 Å². The van der Waals surface area contributed by atoms with E-state index in [2.05, 4.69) is 23.5 Å². The number of nitrogens with one attached hydrogen (secondary N) is 1. The van der Waals surface area contributed by atoms with Gasteiger partial charge in [0.2, 0.25) is 0 Å². The summed E-state index contributed by atoms with van der Waals surface area (Å²) in [5.41, 5.74) is 2.18. The second-order valence-corrected chi connectivity index (χ2v) is 6.02. The molecular weight excluding hydrogens is 357 g/mol. The van der Waals surface area contributed by atoms with E-state index in [0.717, 1.165) is 27.3 Å². The Hall–Kier alpha value is -1.78. The number of aliphatic hydroxyl groups excluding tert-OH is 1. The van der Waals surface area contributed by atoms with Crippen molar-refractivity contribution in [3.05, 3.63) is 76.8 Å². The third-order valence-corrected chi connectivity index (χ3v) is 4.15. The van der Waals surface area contributed by atoms with Crippen molar-refractivity contribution >= 4 is 22.4 Å². The SMILES string of the molecule is OCCNCc1c(OCc2ccc(Cl)cc2)ccc2ccccc12.[Cl-]. The molecule has 0 radical (unpaired) electrons. The smallest absolute Gasteiger partial charge is 0.124 e. The van der Waals surface area contributed by atoms with Crippen molar-refractivity contribution < 1.29 is 22.3 Å². The van der Waals surface area contributed by atoms with Crippen LogP contribution in [0.1, 0.15) is 11.1 Å². The first kappa shape index (κ1) is 19.5. The van der Waals surface area contributed by atoms with E-state index in [1.54, 1.807) is 0 Å². The molecule has 3 aromatic rings. The monoisotopic (exact) mass is 376 g/mol. The second-order valence-electron chi connectivity index (χ2n) is 5.58. The average molecular weight is 377 g/mol. The van der Waals surface area contributed by atoms with Gasteiger partial charge in [0, 0.05) is 23.7 Å². The molecule has 0 unspecified atom stereocenters. The molecule has 2 N–H and O–H groups in total. The summed E-state index contributed by atoms with van der Waals surface area (Å²) in [6, 6.07) is 20.0. The van der Waals surface area contributed by atoms with Gasteiger partial charge in [-0.25, -0.2) is 0 Å². The van der Waals surface area contributed by atoms with Crippen LogP contribution in [0.15, 0.2) is 60.7 Å². The van der Waals surface area contributed by atoms with Crippen LogP contribution in [0, 0.1) is 0 Å². The summed E-state index contributed by atoms with van der Waals surface area (Å²) in [7, 11) is 0. The van der Waals surface area contributed by atoms with Crippen LogP contribution < -0.4 is 22.5 Å². The highest BCUT2D eigenvalue weighted by atomic mass is 35.5. The molecule has 25 heavy (non-hydrogen) atoms. The maximum atomic E-state index is 9.00. The minimum absolute atomic E-state index is 0. The number of benzene rings is 3. The number of ether oxygens (including phenoxy) is 1. The number of aliphatic hydroxyl groups is 1. The van der Waals surface area contributed by atoms with Crippen molar-refractivity contribution in [3.8, 4) is 5.75 Å². The summed E-state index contributed by atoms with van der Waals surface area (Å²) in [6.45, 7) is 1.81. The van der Waals surface area contributed by atoms with E-state index in [9.17, 15) is 0 Å². The lowest BCUT2D eigenvalue weighted by molar-refractivity contribution is -0.00000606. The van der Waals surface area contributed by atoms with Gasteiger partial charge in [-0.15, -0.1) is 0 Å². The highest BCUT2D eigenvalue weighted by molar-refractivity contribution is 6.30. The van der Waals surface area contributed by atoms with Crippen LogP contribution >= 0.6 is 11.6 Å². The Morgan fingerprint density at radius 3 is 2.48 bits per heavy atom. The van der Waals surface area contributed by atoms with Gasteiger partial charge in [-0.2, -0.15) is 0 Å². The van der Waals surface area contributed by atoms with Gasteiger partial charge >= 0.3 is 0 Å². The number of halogens is 2. The van der Waals surface area contributed by atoms with Crippen molar-refractivity contribution in [2.45, 2.75) is 13.2 Å². The number of rotatable bonds is 7. The first-order valence-electron chi connectivity index (χ1n) is 7.97. The fraction of sp³-hybridized carbons (Fsp3) is 0.200. The number of hydrogen-bond donors (Lipinski definition) is 2. The van der Waals surface area contributed by atoms with Crippen molar-refractivity contribution in [2.75, 3.05) is 13.2 Å². The fourth-order valence-electron chi connectivity index (χ4n) is 2.67. The Bertz CT molecular complexity index is 806. The quantitative estimate of drug-likeness (QED) is 0.608. The third kappa shape index (κ3) is 5.10. The molecule has 0 aliphatic heterocycles. The minimum atomic E-state index is 0. The first-order valence-corrected chi connectivity index (χ1v) is 8.35. The molecule has 3 aromatic carbocycles. The maximum Gasteiger partial charge on any atom is 0.124 e. The molecule has 132 valence electrons. The minimum Gasteiger partial charge on any atom is -1.00 e. The molecule has 3 rings (SSSR count). The molecule has 0 saturated carbocycles. The van der Waals surface area contributed by atoms with Gasteiger partial charge in [-0.05, 0) is 34.5 Å². The largest absolute Gasteiger partial charge is 1.00 e. The van der Waals surface area contributed by atoms with E-state index in [4.69, 9.17) is 21.4 Å². The van der Waals surface area contributed by atoms with Crippen LogP contribution in [0.3, 0.4) is 0 Å². The lowest BCUT2D eigenvalue weighted by Crippen LogP contribution is -3.00. The van der Waals surface area contributed by atoms with Crippen LogP contribution in [0.25, 0.3) is 10.8 Å². The van der Waals surface area contributed by atoms with Crippen LogP contribution in [0.2, 0.25) is 5.02 Å². The van der Waals surface area contributed by atoms with E-state index >= 15 is 0 Å². The van der Waals surface area contributed by atoms with E-state index in [0.29, 0.717) is 19.7 Å². The van der Waals surface area contributed by atoms with E-state index < -0.39 is 0 Å². The molecule has 5 heteroatoms. The second kappa shape index (κ2) is 9.64. The molecule has 0 fully saturated rings. The predicted octanol–water partition coefficient (Wildman–Crippen LogP) is 1.16.